The maximum absolute atomic E-state index is 5.16. The van der Waals surface area contributed by atoms with E-state index in [2.05, 4.69) is 44.3 Å². The zero-order valence-corrected chi connectivity index (χ0v) is 10.8. The van der Waals surface area contributed by atoms with E-state index < -0.39 is 0 Å². The molecule has 0 fully saturated rings. The molecule has 16 heavy (non-hydrogen) atoms. The van der Waals surface area contributed by atoms with Crippen LogP contribution in [-0.2, 0) is 4.74 Å². The Morgan fingerprint density at radius 1 is 1.19 bits per heavy atom. The van der Waals surface area contributed by atoms with E-state index in [1.807, 2.05) is 0 Å². The fourth-order valence-corrected chi connectivity index (χ4v) is 2.08. The van der Waals surface area contributed by atoms with Crippen molar-refractivity contribution in [2.24, 2.45) is 0 Å². The molecule has 2 heteroatoms. The van der Waals surface area contributed by atoms with Gasteiger partial charge in [-0.25, -0.2) is 0 Å². The first kappa shape index (κ1) is 13.2. The fraction of sp³-hybridized carbons (Fsp3) is 0.571. The van der Waals surface area contributed by atoms with Gasteiger partial charge in [-0.15, -0.1) is 0 Å². The van der Waals surface area contributed by atoms with Crippen LogP contribution in [0.25, 0.3) is 0 Å². The van der Waals surface area contributed by atoms with E-state index >= 15 is 0 Å². The number of aryl methyl sites for hydroxylation is 2. The Bertz CT molecular complexity index is 302. The second kappa shape index (κ2) is 6.66. The number of methoxy groups -OCH3 is 1. The van der Waals surface area contributed by atoms with E-state index in [1.54, 1.807) is 7.11 Å². The number of nitrogens with one attached hydrogen (secondary N) is 1. The van der Waals surface area contributed by atoms with Gasteiger partial charge in [0.1, 0.15) is 0 Å². The molecule has 0 aliphatic heterocycles. The highest BCUT2D eigenvalue weighted by Gasteiger charge is 2.10. The van der Waals surface area contributed by atoms with Gasteiger partial charge in [0.2, 0.25) is 0 Å². The van der Waals surface area contributed by atoms with Crippen molar-refractivity contribution in [1.82, 2.24) is 5.32 Å². The lowest BCUT2D eigenvalue weighted by molar-refractivity contribution is 0.183. The third-order valence-corrected chi connectivity index (χ3v) is 2.71. The topological polar surface area (TPSA) is 21.3 Å². The molecule has 1 atom stereocenters. The maximum Gasteiger partial charge on any atom is 0.0480 e. The standard InChI is InChI=1S/C14H23NO/c1-5-15-14(6-7-16-4)13-9-11(2)8-12(3)10-13/h8-10,14-15H,5-7H2,1-4H3. The summed E-state index contributed by atoms with van der Waals surface area (Å²) in [6.07, 6.45) is 1.02. The van der Waals surface area contributed by atoms with Gasteiger partial charge in [-0.1, -0.05) is 36.2 Å². The second-order valence-electron chi connectivity index (χ2n) is 4.31. The molecule has 1 rings (SSSR count). The van der Waals surface area contributed by atoms with Crippen LogP contribution in [0.4, 0.5) is 0 Å². The lowest BCUT2D eigenvalue weighted by Crippen LogP contribution is -2.22. The maximum atomic E-state index is 5.16. The Morgan fingerprint density at radius 3 is 2.31 bits per heavy atom. The smallest absolute Gasteiger partial charge is 0.0480 e. The molecule has 1 aromatic rings. The summed E-state index contributed by atoms with van der Waals surface area (Å²) < 4.78 is 5.16. The average Bonchev–Trinajstić information content (AvgIpc) is 2.22. The van der Waals surface area contributed by atoms with E-state index in [1.165, 1.54) is 16.7 Å². The Balaban J connectivity index is 2.82. The van der Waals surface area contributed by atoms with Gasteiger partial charge < -0.3 is 10.1 Å². The van der Waals surface area contributed by atoms with E-state index in [0.717, 1.165) is 19.6 Å². The van der Waals surface area contributed by atoms with E-state index in [-0.39, 0.29) is 0 Å². The SMILES string of the molecule is CCNC(CCOC)c1cc(C)cc(C)c1. The summed E-state index contributed by atoms with van der Waals surface area (Å²) in [6, 6.07) is 7.14. The molecule has 1 unspecified atom stereocenters. The average molecular weight is 221 g/mol. The third-order valence-electron chi connectivity index (χ3n) is 2.71. The van der Waals surface area contributed by atoms with Crippen LogP contribution >= 0.6 is 0 Å². The molecule has 1 N–H and O–H groups in total. The quantitative estimate of drug-likeness (QED) is 0.797. The first-order chi connectivity index (χ1) is 7.67. The summed E-state index contributed by atoms with van der Waals surface area (Å²) >= 11 is 0. The molecule has 90 valence electrons. The van der Waals surface area contributed by atoms with Gasteiger partial charge in [0.25, 0.3) is 0 Å². The Hall–Kier alpha value is -0.860. The van der Waals surface area contributed by atoms with E-state index in [4.69, 9.17) is 4.74 Å². The highest BCUT2D eigenvalue weighted by Crippen LogP contribution is 2.19. The van der Waals surface area contributed by atoms with Gasteiger partial charge in [-0.2, -0.15) is 0 Å². The molecule has 2 nitrogen and oxygen atoms in total. The molecule has 0 aliphatic rings. The van der Waals surface area contributed by atoms with Crippen molar-refractivity contribution in [3.8, 4) is 0 Å². The minimum absolute atomic E-state index is 0.406. The molecule has 1 aromatic carbocycles. The molecule has 0 amide bonds. The molecule has 0 spiro atoms. The normalized spacial score (nSPS) is 12.8. The predicted molar refractivity (Wildman–Crippen MR) is 68.8 cm³/mol. The highest BCUT2D eigenvalue weighted by molar-refractivity contribution is 5.30. The van der Waals surface area contributed by atoms with Crippen molar-refractivity contribution >= 4 is 0 Å². The van der Waals surface area contributed by atoms with E-state index in [9.17, 15) is 0 Å². The molecule has 0 aliphatic carbocycles. The van der Waals surface area contributed by atoms with Crippen LogP contribution in [0.5, 0.6) is 0 Å². The first-order valence-electron chi connectivity index (χ1n) is 5.98. The van der Waals surface area contributed by atoms with Gasteiger partial charge in [0.05, 0.1) is 0 Å². The van der Waals surface area contributed by atoms with Gasteiger partial charge in [0, 0.05) is 19.8 Å². The van der Waals surface area contributed by atoms with Crippen LogP contribution in [0.2, 0.25) is 0 Å². The fourth-order valence-electron chi connectivity index (χ4n) is 2.08. The number of ether oxygens (including phenoxy) is 1. The molecular weight excluding hydrogens is 198 g/mol. The van der Waals surface area contributed by atoms with Gasteiger partial charge in [-0.05, 0) is 32.4 Å². The lowest BCUT2D eigenvalue weighted by Gasteiger charge is -2.19. The van der Waals surface area contributed by atoms with Crippen LogP contribution in [0.15, 0.2) is 18.2 Å². The lowest BCUT2D eigenvalue weighted by atomic mass is 9.99. The summed E-state index contributed by atoms with van der Waals surface area (Å²) in [5, 5.41) is 3.51. The van der Waals surface area contributed by atoms with Crippen LogP contribution < -0.4 is 5.32 Å². The molecule has 0 saturated heterocycles. The minimum atomic E-state index is 0.406. The Kier molecular flexibility index (Phi) is 5.50. The molecule has 0 bridgehead atoms. The molecule has 0 heterocycles. The number of rotatable bonds is 6. The van der Waals surface area contributed by atoms with Crippen LogP contribution in [0, 0.1) is 13.8 Å². The van der Waals surface area contributed by atoms with Crippen molar-refractivity contribution in [1.29, 1.82) is 0 Å². The first-order valence-corrected chi connectivity index (χ1v) is 5.98. The summed E-state index contributed by atoms with van der Waals surface area (Å²) in [4.78, 5) is 0. The number of hydrogen-bond acceptors (Lipinski definition) is 2. The summed E-state index contributed by atoms with van der Waals surface area (Å²) in [5.74, 6) is 0. The summed E-state index contributed by atoms with van der Waals surface area (Å²) in [6.45, 7) is 8.22. The molecule has 0 radical (unpaired) electrons. The molecule has 0 saturated carbocycles. The van der Waals surface area contributed by atoms with Gasteiger partial charge in [-0.3, -0.25) is 0 Å². The Labute approximate surface area is 99.0 Å². The number of benzene rings is 1. The zero-order valence-electron chi connectivity index (χ0n) is 10.8. The second-order valence-corrected chi connectivity index (χ2v) is 4.31. The van der Waals surface area contributed by atoms with Gasteiger partial charge in [0.15, 0.2) is 0 Å². The van der Waals surface area contributed by atoms with E-state index in [0.29, 0.717) is 6.04 Å². The van der Waals surface area contributed by atoms with Crippen molar-refractivity contribution in [2.75, 3.05) is 20.3 Å². The largest absolute Gasteiger partial charge is 0.385 e. The number of hydrogen-bond donors (Lipinski definition) is 1. The molecule has 0 aromatic heterocycles. The van der Waals surface area contributed by atoms with Crippen molar-refractivity contribution in [3.05, 3.63) is 34.9 Å². The molecular formula is C14H23NO. The minimum Gasteiger partial charge on any atom is -0.385 e. The third kappa shape index (κ3) is 3.95. The zero-order chi connectivity index (χ0) is 12.0. The van der Waals surface area contributed by atoms with Crippen LogP contribution in [-0.4, -0.2) is 20.3 Å². The summed E-state index contributed by atoms with van der Waals surface area (Å²) in [7, 11) is 1.75. The monoisotopic (exact) mass is 221 g/mol. The Morgan fingerprint density at radius 2 is 1.81 bits per heavy atom. The van der Waals surface area contributed by atoms with Crippen LogP contribution in [0.1, 0.15) is 36.1 Å². The van der Waals surface area contributed by atoms with Crippen LogP contribution in [0.3, 0.4) is 0 Å². The predicted octanol–water partition coefficient (Wildman–Crippen LogP) is 2.99. The van der Waals surface area contributed by atoms with Crippen molar-refractivity contribution < 1.29 is 4.74 Å². The highest BCUT2D eigenvalue weighted by atomic mass is 16.5. The van der Waals surface area contributed by atoms with Crippen molar-refractivity contribution in [2.45, 2.75) is 33.2 Å². The summed E-state index contributed by atoms with van der Waals surface area (Å²) in [5.41, 5.74) is 4.03. The van der Waals surface area contributed by atoms with Gasteiger partial charge >= 0.3 is 0 Å². The van der Waals surface area contributed by atoms with Crippen molar-refractivity contribution in [3.63, 3.8) is 0 Å².